The van der Waals surface area contributed by atoms with Crippen molar-refractivity contribution < 1.29 is 31.5 Å². The topological polar surface area (TPSA) is 70.3 Å². The summed E-state index contributed by atoms with van der Waals surface area (Å²) in [6.07, 6.45) is -4.20. The number of nitrogens with zero attached hydrogens (tertiary/aromatic N) is 3. The molecule has 0 aliphatic carbocycles. The summed E-state index contributed by atoms with van der Waals surface area (Å²) < 4.78 is 69.3. The van der Waals surface area contributed by atoms with E-state index in [0.29, 0.717) is 30.7 Å². The first-order valence-electron chi connectivity index (χ1n) is 9.67. The number of oxazole rings is 1. The average molecular weight is 447 g/mol. The third kappa shape index (κ3) is 4.48. The van der Waals surface area contributed by atoms with Crippen molar-refractivity contribution in [2.45, 2.75) is 26.4 Å². The molecule has 0 aliphatic rings. The number of aryl methyl sites for hydroxylation is 1. The van der Waals surface area contributed by atoms with Crippen molar-refractivity contribution in [1.29, 1.82) is 0 Å². The van der Waals surface area contributed by atoms with Gasteiger partial charge >= 0.3 is 12.2 Å². The van der Waals surface area contributed by atoms with Crippen LogP contribution in [0.5, 0.6) is 17.6 Å². The molecule has 0 aliphatic heterocycles. The van der Waals surface area contributed by atoms with Gasteiger partial charge in [-0.25, -0.2) is 9.37 Å². The number of aromatic nitrogens is 3. The fourth-order valence-electron chi connectivity index (χ4n) is 2.92. The highest BCUT2D eigenvalue weighted by Crippen LogP contribution is 2.35. The van der Waals surface area contributed by atoms with E-state index in [-0.39, 0.29) is 34.8 Å². The molecule has 0 N–H and O–H groups in total. The maximum atomic E-state index is 13.6. The SMILES string of the molecule is CCCOc1nc(Oc2ccc(F)c(C(F)(F)F)c2)nc2oc(-c3cccc(C)c3)nc12. The summed E-state index contributed by atoms with van der Waals surface area (Å²) in [7, 11) is 0. The molecule has 0 fully saturated rings. The zero-order valence-electron chi connectivity index (χ0n) is 17.0. The van der Waals surface area contributed by atoms with Crippen LogP contribution in [0, 0.1) is 12.7 Å². The lowest BCUT2D eigenvalue weighted by Gasteiger charge is -2.10. The van der Waals surface area contributed by atoms with Crippen LogP contribution in [0.25, 0.3) is 22.7 Å². The van der Waals surface area contributed by atoms with E-state index in [2.05, 4.69) is 15.0 Å². The molecule has 32 heavy (non-hydrogen) atoms. The van der Waals surface area contributed by atoms with Crippen LogP contribution in [0.4, 0.5) is 17.6 Å². The van der Waals surface area contributed by atoms with Gasteiger partial charge in [-0.15, -0.1) is 0 Å². The van der Waals surface area contributed by atoms with E-state index >= 15 is 0 Å². The van der Waals surface area contributed by atoms with E-state index in [9.17, 15) is 17.6 Å². The molecule has 0 unspecified atom stereocenters. The monoisotopic (exact) mass is 447 g/mol. The minimum absolute atomic E-state index is 0.0377. The van der Waals surface area contributed by atoms with Gasteiger partial charge in [0.05, 0.1) is 12.2 Å². The normalized spacial score (nSPS) is 11.7. The summed E-state index contributed by atoms with van der Waals surface area (Å²) in [6.45, 7) is 4.13. The van der Waals surface area contributed by atoms with Gasteiger partial charge in [0.25, 0.3) is 11.6 Å². The zero-order chi connectivity index (χ0) is 22.9. The Morgan fingerprint density at radius 1 is 1.03 bits per heavy atom. The van der Waals surface area contributed by atoms with E-state index in [4.69, 9.17) is 13.9 Å². The molecule has 2 heterocycles. The predicted molar refractivity (Wildman–Crippen MR) is 107 cm³/mol. The Morgan fingerprint density at radius 2 is 1.84 bits per heavy atom. The second kappa shape index (κ2) is 8.45. The molecule has 0 saturated carbocycles. The number of rotatable bonds is 6. The van der Waals surface area contributed by atoms with E-state index in [1.807, 2.05) is 38.1 Å². The number of halogens is 4. The lowest BCUT2D eigenvalue weighted by Crippen LogP contribution is -2.08. The summed E-state index contributed by atoms with van der Waals surface area (Å²) in [5.74, 6) is -1.37. The number of hydrogen-bond donors (Lipinski definition) is 0. The summed E-state index contributed by atoms with van der Waals surface area (Å²) in [4.78, 5) is 12.6. The van der Waals surface area contributed by atoms with Crippen molar-refractivity contribution in [1.82, 2.24) is 15.0 Å². The van der Waals surface area contributed by atoms with Gasteiger partial charge < -0.3 is 13.9 Å². The number of benzene rings is 2. The fourth-order valence-corrected chi connectivity index (χ4v) is 2.92. The molecule has 10 heteroatoms. The standard InChI is InChI=1S/C22H17F4N3O3/c1-3-9-30-19-17-20(32-18(27-17)13-6-4-5-12(2)10-13)29-21(28-19)31-14-7-8-16(23)15(11-14)22(24,25)26/h4-8,10-11H,3,9H2,1-2H3. The fraction of sp³-hybridized carbons (Fsp3) is 0.227. The van der Waals surface area contributed by atoms with Gasteiger partial charge in [-0.1, -0.05) is 24.6 Å². The molecular weight excluding hydrogens is 430 g/mol. The molecule has 0 amide bonds. The molecule has 4 rings (SSSR count). The highest BCUT2D eigenvalue weighted by molar-refractivity contribution is 5.78. The Labute approximate surface area is 179 Å². The Kier molecular flexibility index (Phi) is 5.68. The third-order valence-corrected chi connectivity index (χ3v) is 4.37. The van der Waals surface area contributed by atoms with E-state index < -0.39 is 17.6 Å². The molecule has 0 saturated heterocycles. The van der Waals surface area contributed by atoms with Gasteiger partial charge in [-0.2, -0.15) is 23.1 Å². The van der Waals surface area contributed by atoms with Crippen LogP contribution in [0.3, 0.4) is 0 Å². The number of fused-ring (bicyclic) bond motifs is 1. The van der Waals surface area contributed by atoms with Crippen molar-refractivity contribution in [3.05, 3.63) is 59.4 Å². The maximum Gasteiger partial charge on any atom is 0.419 e. The highest BCUT2D eigenvalue weighted by atomic mass is 19.4. The average Bonchev–Trinajstić information content (AvgIpc) is 3.17. The van der Waals surface area contributed by atoms with Gasteiger partial charge in [0, 0.05) is 5.56 Å². The first kappa shape index (κ1) is 21.5. The molecule has 0 bridgehead atoms. The van der Waals surface area contributed by atoms with Crippen LogP contribution < -0.4 is 9.47 Å². The third-order valence-electron chi connectivity index (χ3n) is 4.37. The Morgan fingerprint density at radius 3 is 2.56 bits per heavy atom. The van der Waals surface area contributed by atoms with Crippen LogP contribution in [-0.2, 0) is 6.18 Å². The molecule has 0 atom stereocenters. The summed E-state index contributed by atoms with van der Waals surface area (Å²) in [6, 6.07) is 9.38. The Hall–Kier alpha value is -3.69. The van der Waals surface area contributed by atoms with Crippen LogP contribution in [0.1, 0.15) is 24.5 Å². The molecule has 0 spiro atoms. The molecule has 2 aromatic carbocycles. The minimum Gasteiger partial charge on any atom is -0.476 e. The quantitative estimate of drug-likeness (QED) is 0.322. The predicted octanol–water partition coefficient (Wildman–Crippen LogP) is 6.33. The Bertz CT molecular complexity index is 1270. The van der Waals surface area contributed by atoms with Crippen LogP contribution >= 0.6 is 0 Å². The highest BCUT2D eigenvalue weighted by Gasteiger charge is 2.34. The second-order valence-corrected chi connectivity index (χ2v) is 6.94. The summed E-state index contributed by atoms with van der Waals surface area (Å²) in [5, 5.41) is 0. The van der Waals surface area contributed by atoms with Gasteiger partial charge in [0.1, 0.15) is 11.6 Å². The Balaban J connectivity index is 1.75. The van der Waals surface area contributed by atoms with E-state index in [0.717, 1.165) is 11.6 Å². The summed E-state index contributed by atoms with van der Waals surface area (Å²) in [5.41, 5.74) is 0.535. The molecule has 6 nitrogen and oxygen atoms in total. The van der Waals surface area contributed by atoms with Gasteiger partial charge in [-0.3, -0.25) is 0 Å². The smallest absolute Gasteiger partial charge is 0.419 e. The van der Waals surface area contributed by atoms with Crippen LogP contribution in [0.15, 0.2) is 46.9 Å². The zero-order valence-corrected chi connectivity index (χ0v) is 17.0. The van der Waals surface area contributed by atoms with Gasteiger partial charge in [0.2, 0.25) is 5.89 Å². The first-order valence-corrected chi connectivity index (χ1v) is 9.67. The van der Waals surface area contributed by atoms with Crippen molar-refractivity contribution in [2.24, 2.45) is 0 Å². The van der Waals surface area contributed by atoms with Crippen molar-refractivity contribution >= 4 is 11.2 Å². The number of alkyl halides is 3. The molecule has 0 radical (unpaired) electrons. The lowest BCUT2D eigenvalue weighted by atomic mass is 10.1. The maximum absolute atomic E-state index is 13.6. The lowest BCUT2D eigenvalue weighted by molar-refractivity contribution is -0.140. The molecule has 4 aromatic rings. The van der Waals surface area contributed by atoms with Crippen LogP contribution in [0.2, 0.25) is 0 Å². The minimum atomic E-state index is -4.88. The van der Waals surface area contributed by atoms with Gasteiger partial charge in [0.15, 0.2) is 5.52 Å². The molecule has 2 aromatic heterocycles. The molecular formula is C22H17F4N3O3. The van der Waals surface area contributed by atoms with E-state index in [1.165, 1.54) is 0 Å². The summed E-state index contributed by atoms with van der Waals surface area (Å²) >= 11 is 0. The van der Waals surface area contributed by atoms with Crippen molar-refractivity contribution in [3.8, 4) is 29.1 Å². The van der Waals surface area contributed by atoms with Gasteiger partial charge in [-0.05, 0) is 43.7 Å². The largest absolute Gasteiger partial charge is 0.476 e. The first-order chi connectivity index (χ1) is 15.2. The van der Waals surface area contributed by atoms with Crippen molar-refractivity contribution in [2.75, 3.05) is 6.61 Å². The molecule has 166 valence electrons. The number of ether oxygens (including phenoxy) is 2. The second-order valence-electron chi connectivity index (χ2n) is 6.94. The van der Waals surface area contributed by atoms with Crippen LogP contribution in [-0.4, -0.2) is 21.6 Å². The van der Waals surface area contributed by atoms with E-state index in [1.54, 1.807) is 0 Å². The number of hydrogen-bond acceptors (Lipinski definition) is 6. The van der Waals surface area contributed by atoms with Crippen molar-refractivity contribution in [3.63, 3.8) is 0 Å².